The van der Waals surface area contributed by atoms with Crippen molar-refractivity contribution in [1.29, 1.82) is 0 Å². The maximum Gasteiger partial charge on any atom is 0.135 e. The molecule has 1 aliphatic heterocycles. The third kappa shape index (κ3) is 3.22. The van der Waals surface area contributed by atoms with Gasteiger partial charge in [0, 0.05) is 51.6 Å². The molecule has 0 spiro atoms. The zero-order valence-corrected chi connectivity index (χ0v) is 12.4. The summed E-state index contributed by atoms with van der Waals surface area (Å²) in [4.78, 5) is 10.8. The summed E-state index contributed by atoms with van der Waals surface area (Å²) in [6, 6.07) is 1.76. The first-order chi connectivity index (χ1) is 9.56. The van der Waals surface area contributed by atoms with Crippen LogP contribution in [0.25, 0.3) is 0 Å². The van der Waals surface area contributed by atoms with Crippen molar-refractivity contribution in [3.63, 3.8) is 0 Å². The molecule has 1 saturated heterocycles. The first-order valence-corrected chi connectivity index (χ1v) is 7.49. The minimum Gasteiger partial charge on any atom is -0.388 e. The molecule has 0 aromatic carbocycles. The maximum atomic E-state index is 10.6. The normalized spacial score (nSPS) is 21.8. The number of aliphatic hydroxyl groups is 1. The molecule has 0 amide bonds. The van der Waals surface area contributed by atoms with Gasteiger partial charge in [-0.3, -0.25) is 0 Å². The monoisotopic (exact) mass is 297 g/mol. The molecule has 1 aromatic heterocycles. The lowest BCUT2D eigenvalue weighted by atomic mass is 9.94. The molecule has 1 aliphatic carbocycles. The fourth-order valence-electron chi connectivity index (χ4n) is 2.57. The van der Waals surface area contributed by atoms with Crippen LogP contribution in [0.2, 0.25) is 5.15 Å². The summed E-state index contributed by atoms with van der Waals surface area (Å²) in [5.74, 6) is 2.08. The smallest absolute Gasteiger partial charge is 0.135 e. The molecule has 20 heavy (non-hydrogen) atoms. The number of hydrogen-bond acceptors (Lipinski definition) is 5. The molecule has 1 aromatic rings. The molecule has 2 fully saturated rings. The van der Waals surface area contributed by atoms with Crippen LogP contribution in [0.15, 0.2) is 6.07 Å². The molecule has 0 atom stereocenters. The Morgan fingerprint density at radius 3 is 2.75 bits per heavy atom. The van der Waals surface area contributed by atoms with Gasteiger partial charge in [-0.25, -0.2) is 9.97 Å². The van der Waals surface area contributed by atoms with E-state index in [1.807, 2.05) is 11.9 Å². The fraction of sp³-hybridized carbons (Fsp3) is 0.714. The molecule has 0 radical (unpaired) electrons. The first-order valence-electron chi connectivity index (χ1n) is 7.11. The summed E-state index contributed by atoms with van der Waals surface area (Å²) in [5, 5.41) is 11.0. The average Bonchev–Trinajstić information content (AvgIpc) is 3.22. The zero-order chi connectivity index (χ0) is 14.2. The van der Waals surface area contributed by atoms with Crippen molar-refractivity contribution < 1.29 is 9.84 Å². The molecule has 2 heterocycles. The van der Waals surface area contributed by atoms with E-state index in [0.29, 0.717) is 43.7 Å². The Hall–Kier alpha value is -0.910. The summed E-state index contributed by atoms with van der Waals surface area (Å²) >= 11 is 6.08. The number of anilines is 1. The Bertz CT molecular complexity index is 487. The Balaban J connectivity index is 1.74. The molecule has 1 saturated carbocycles. The second-order valence-electron chi connectivity index (χ2n) is 5.87. The number of halogens is 1. The van der Waals surface area contributed by atoms with Crippen LogP contribution in [-0.4, -0.2) is 47.5 Å². The molecular formula is C14H20ClN3O2. The molecule has 110 valence electrons. The second kappa shape index (κ2) is 5.47. The highest BCUT2D eigenvalue weighted by Gasteiger charge is 2.32. The number of hydrogen-bond donors (Lipinski definition) is 1. The van der Waals surface area contributed by atoms with Crippen LogP contribution >= 0.6 is 11.6 Å². The van der Waals surface area contributed by atoms with Crippen LogP contribution in [-0.2, 0) is 4.74 Å². The van der Waals surface area contributed by atoms with Crippen molar-refractivity contribution >= 4 is 17.4 Å². The van der Waals surface area contributed by atoms with E-state index in [4.69, 9.17) is 16.3 Å². The van der Waals surface area contributed by atoms with Gasteiger partial charge in [0.25, 0.3) is 0 Å². The van der Waals surface area contributed by atoms with E-state index in [9.17, 15) is 5.11 Å². The van der Waals surface area contributed by atoms with E-state index >= 15 is 0 Å². The second-order valence-corrected chi connectivity index (χ2v) is 6.26. The number of likely N-dealkylation sites (N-methyl/N-ethyl adjacent to an activating group) is 1. The molecule has 6 heteroatoms. The van der Waals surface area contributed by atoms with E-state index in [1.54, 1.807) is 6.07 Å². The predicted octanol–water partition coefficient (Wildman–Crippen LogP) is 1.99. The zero-order valence-electron chi connectivity index (χ0n) is 11.7. The Kier molecular flexibility index (Phi) is 3.84. The summed E-state index contributed by atoms with van der Waals surface area (Å²) in [5.41, 5.74) is -0.704. The highest BCUT2D eigenvalue weighted by Crippen LogP contribution is 2.39. The van der Waals surface area contributed by atoms with E-state index < -0.39 is 5.60 Å². The minimum atomic E-state index is -0.704. The van der Waals surface area contributed by atoms with Crippen molar-refractivity contribution in [3.05, 3.63) is 17.0 Å². The van der Waals surface area contributed by atoms with Gasteiger partial charge in [-0.1, -0.05) is 11.6 Å². The third-order valence-electron chi connectivity index (χ3n) is 3.99. The number of rotatable bonds is 4. The molecule has 2 aliphatic rings. The Morgan fingerprint density at radius 2 is 2.10 bits per heavy atom. The molecule has 3 rings (SSSR count). The first kappa shape index (κ1) is 14.0. The quantitative estimate of drug-likeness (QED) is 0.861. The standard InChI is InChI=1S/C14H20ClN3O2/c1-18(9-14(19)4-6-20-7-5-14)12-8-11(15)16-13(17-12)10-2-3-10/h8,10,19H,2-7,9H2,1H3. The molecule has 0 unspecified atom stereocenters. The highest BCUT2D eigenvalue weighted by molar-refractivity contribution is 6.29. The summed E-state index contributed by atoms with van der Waals surface area (Å²) in [6.07, 6.45) is 3.60. The lowest BCUT2D eigenvalue weighted by Gasteiger charge is -2.35. The molecule has 1 N–H and O–H groups in total. The van der Waals surface area contributed by atoms with Gasteiger partial charge in [-0.2, -0.15) is 0 Å². The van der Waals surface area contributed by atoms with Crippen LogP contribution in [0.4, 0.5) is 5.82 Å². The molecule has 5 nitrogen and oxygen atoms in total. The van der Waals surface area contributed by atoms with Crippen LogP contribution in [0.5, 0.6) is 0 Å². The summed E-state index contributed by atoms with van der Waals surface area (Å²) in [6.45, 7) is 1.76. The fourth-order valence-corrected chi connectivity index (χ4v) is 2.76. The Labute approximate surface area is 123 Å². The average molecular weight is 298 g/mol. The van der Waals surface area contributed by atoms with Gasteiger partial charge >= 0.3 is 0 Å². The van der Waals surface area contributed by atoms with Crippen molar-refractivity contribution in [1.82, 2.24) is 9.97 Å². The van der Waals surface area contributed by atoms with E-state index in [0.717, 1.165) is 24.5 Å². The van der Waals surface area contributed by atoms with Gasteiger partial charge in [0.2, 0.25) is 0 Å². The molecule has 0 bridgehead atoms. The maximum absolute atomic E-state index is 10.6. The number of ether oxygens (including phenoxy) is 1. The lowest BCUT2D eigenvalue weighted by molar-refractivity contribution is -0.0573. The van der Waals surface area contributed by atoms with Crippen LogP contribution in [0.3, 0.4) is 0 Å². The number of aromatic nitrogens is 2. The largest absolute Gasteiger partial charge is 0.388 e. The van der Waals surface area contributed by atoms with Gasteiger partial charge in [0.05, 0.1) is 5.60 Å². The Morgan fingerprint density at radius 1 is 1.40 bits per heavy atom. The summed E-state index contributed by atoms with van der Waals surface area (Å²) < 4.78 is 5.30. The summed E-state index contributed by atoms with van der Waals surface area (Å²) in [7, 11) is 1.93. The predicted molar refractivity (Wildman–Crippen MR) is 77.3 cm³/mol. The number of nitrogens with zero attached hydrogens (tertiary/aromatic N) is 3. The van der Waals surface area contributed by atoms with E-state index in [2.05, 4.69) is 9.97 Å². The third-order valence-corrected chi connectivity index (χ3v) is 4.18. The van der Waals surface area contributed by atoms with E-state index in [1.165, 1.54) is 0 Å². The SMILES string of the molecule is CN(CC1(O)CCOCC1)c1cc(Cl)nc(C2CC2)n1. The van der Waals surface area contributed by atoms with Crippen molar-refractivity contribution in [2.75, 3.05) is 31.7 Å². The van der Waals surface area contributed by atoms with Crippen LogP contribution < -0.4 is 4.90 Å². The van der Waals surface area contributed by atoms with Crippen molar-refractivity contribution in [3.8, 4) is 0 Å². The van der Waals surface area contributed by atoms with Gasteiger partial charge in [-0.05, 0) is 12.8 Å². The van der Waals surface area contributed by atoms with Crippen molar-refractivity contribution in [2.24, 2.45) is 0 Å². The van der Waals surface area contributed by atoms with Crippen LogP contribution in [0.1, 0.15) is 37.4 Å². The van der Waals surface area contributed by atoms with Gasteiger partial charge in [-0.15, -0.1) is 0 Å². The lowest BCUT2D eigenvalue weighted by Crippen LogP contribution is -2.46. The van der Waals surface area contributed by atoms with Gasteiger partial charge < -0.3 is 14.7 Å². The van der Waals surface area contributed by atoms with E-state index in [-0.39, 0.29) is 0 Å². The topological polar surface area (TPSA) is 58.5 Å². The minimum absolute atomic E-state index is 0.465. The highest BCUT2D eigenvalue weighted by atomic mass is 35.5. The van der Waals surface area contributed by atoms with Gasteiger partial charge in [0.15, 0.2) is 0 Å². The van der Waals surface area contributed by atoms with Gasteiger partial charge in [0.1, 0.15) is 16.8 Å². The van der Waals surface area contributed by atoms with Crippen molar-refractivity contribution in [2.45, 2.75) is 37.2 Å². The van der Waals surface area contributed by atoms with Crippen LogP contribution in [0, 0.1) is 0 Å². The molecular weight excluding hydrogens is 278 g/mol.